The standard InChI is InChI=1S/C10H23N3.2ClH/c1-3-12(4-2)9-10-13-7-5-11-6-8-13;;/h11H,3-10H2,1-2H3;2*1H. The first-order valence-corrected chi connectivity index (χ1v) is 5.52. The number of hydrogen-bond donors (Lipinski definition) is 1. The van der Waals surface area contributed by atoms with Gasteiger partial charge in [-0.3, -0.25) is 4.90 Å². The summed E-state index contributed by atoms with van der Waals surface area (Å²) in [4.78, 5) is 5.04. The van der Waals surface area contributed by atoms with Gasteiger partial charge >= 0.3 is 0 Å². The number of nitrogens with one attached hydrogen (secondary N) is 1. The maximum absolute atomic E-state index is 3.38. The lowest BCUT2D eigenvalue weighted by molar-refractivity contribution is 0.197. The van der Waals surface area contributed by atoms with E-state index in [1.54, 1.807) is 0 Å². The van der Waals surface area contributed by atoms with Crippen molar-refractivity contribution in [1.82, 2.24) is 15.1 Å². The fourth-order valence-electron chi connectivity index (χ4n) is 1.76. The van der Waals surface area contributed by atoms with Crippen LogP contribution >= 0.6 is 24.8 Å². The Kier molecular flexibility index (Phi) is 13.0. The average molecular weight is 258 g/mol. The molecule has 1 rings (SSSR count). The molecule has 0 aromatic rings. The smallest absolute Gasteiger partial charge is 0.0110 e. The van der Waals surface area contributed by atoms with Crippen molar-refractivity contribution in [3.05, 3.63) is 0 Å². The summed E-state index contributed by atoms with van der Waals surface area (Å²) in [6.07, 6.45) is 0. The van der Waals surface area contributed by atoms with Crippen LogP contribution in [-0.4, -0.2) is 62.2 Å². The molecule has 1 saturated heterocycles. The lowest BCUT2D eigenvalue weighted by atomic mass is 10.3. The molecule has 0 bridgehead atoms. The summed E-state index contributed by atoms with van der Waals surface area (Å²) in [5.41, 5.74) is 0. The van der Waals surface area contributed by atoms with Crippen LogP contribution in [0.25, 0.3) is 0 Å². The third-order valence-electron chi connectivity index (χ3n) is 2.84. The van der Waals surface area contributed by atoms with Crippen LogP contribution in [0.3, 0.4) is 0 Å². The van der Waals surface area contributed by atoms with Crippen molar-refractivity contribution in [2.24, 2.45) is 0 Å². The van der Waals surface area contributed by atoms with Crippen molar-refractivity contribution in [3.63, 3.8) is 0 Å². The molecule has 15 heavy (non-hydrogen) atoms. The Balaban J connectivity index is 0. The van der Waals surface area contributed by atoms with Gasteiger partial charge in [-0.15, -0.1) is 24.8 Å². The van der Waals surface area contributed by atoms with E-state index in [-0.39, 0.29) is 24.8 Å². The first kappa shape index (κ1) is 17.8. The van der Waals surface area contributed by atoms with Gasteiger partial charge in [-0.1, -0.05) is 13.8 Å². The minimum Gasteiger partial charge on any atom is -0.314 e. The molecule has 1 N–H and O–H groups in total. The summed E-state index contributed by atoms with van der Waals surface area (Å²) < 4.78 is 0. The number of hydrogen-bond acceptors (Lipinski definition) is 3. The van der Waals surface area contributed by atoms with Crippen LogP contribution in [0, 0.1) is 0 Å². The topological polar surface area (TPSA) is 18.5 Å². The lowest BCUT2D eigenvalue weighted by Crippen LogP contribution is -2.46. The molecule has 0 aromatic carbocycles. The van der Waals surface area contributed by atoms with Crippen LogP contribution in [0.4, 0.5) is 0 Å². The number of nitrogens with zero attached hydrogens (tertiary/aromatic N) is 2. The van der Waals surface area contributed by atoms with Crippen LogP contribution in [0.2, 0.25) is 0 Å². The molecule has 0 unspecified atom stereocenters. The Morgan fingerprint density at radius 3 is 2.07 bits per heavy atom. The summed E-state index contributed by atoms with van der Waals surface area (Å²) in [6.45, 7) is 14.1. The van der Waals surface area contributed by atoms with E-state index in [1.807, 2.05) is 0 Å². The monoisotopic (exact) mass is 257 g/mol. The highest BCUT2D eigenvalue weighted by atomic mass is 35.5. The van der Waals surface area contributed by atoms with Crippen LogP contribution in [-0.2, 0) is 0 Å². The normalized spacial score (nSPS) is 17.0. The highest BCUT2D eigenvalue weighted by Crippen LogP contribution is 1.94. The van der Waals surface area contributed by atoms with Gasteiger partial charge in [0.15, 0.2) is 0 Å². The highest BCUT2D eigenvalue weighted by molar-refractivity contribution is 5.85. The Hall–Kier alpha value is 0.460. The van der Waals surface area contributed by atoms with Crippen molar-refractivity contribution in [3.8, 4) is 0 Å². The molecule has 0 aliphatic carbocycles. The molecule has 1 aliphatic heterocycles. The zero-order valence-corrected chi connectivity index (χ0v) is 11.5. The van der Waals surface area contributed by atoms with Gasteiger partial charge in [0.2, 0.25) is 0 Å². The van der Waals surface area contributed by atoms with Crippen LogP contribution in [0.1, 0.15) is 13.8 Å². The van der Waals surface area contributed by atoms with Crippen LogP contribution in [0.15, 0.2) is 0 Å². The van der Waals surface area contributed by atoms with Gasteiger partial charge in [-0.05, 0) is 13.1 Å². The van der Waals surface area contributed by atoms with E-state index < -0.39 is 0 Å². The summed E-state index contributed by atoms with van der Waals surface area (Å²) in [5.74, 6) is 0. The van der Waals surface area contributed by atoms with Gasteiger partial charge in [0.05, 0.1) is 0 Å². The molecule has 1 aliphatic rings. The Bertz CT molecular complexity index is 126. The van der Waals surface area contributed by atoms with Crippen LogP contribution in [0.5, 0.6) is 0 Å². The lowest BCUT2D eigenvalue weighted by Gasteiger charge is -2.29. The number of piperazine rings is 1. The zero-order chi connectivity index (χ0) is 9.52. The van der Waals surface area contributed by atoms with Gasteiger partial charge in [0.1, 0.15) is 0 Å². The third-order valence-corrected chi connectivity index (χ3v) is 2.84. The molecule has 0 aromatic heterocycles. The quantitative estimate of drug-likeness (QED) is 0.796. The second-order valence-electron chi connectivity index (χ2n) is 3.62. The minimum atomic E-state index is 0. The summed E-state index contributed by atoms with van der Waals surface area (Å²) in [7, 11) is 0. The fraction of sp³-hybridized carbons (Fsp3) is 1.00. The molecular formula is C10H25Cl2N3. The SMILES string of the molecule is CCN(CC)CCN1CCNCC1.Cl.Cl. The largest absolute Gasteiger partial charge is 0.314 e. The van der Waals surface area contributed by atoms with E-state index in [9.17, 15) is 0 Å². The number of rotatable bonds is 5. The Morgan fingerprint density at radius 1 is 1.07 bits per heavy atom. The Morgan fingerprint density at radius 2 is 1.60 bits per heavy atom. The van der Waals surface area contributed by atoms with Gasteiger partial charge < -0.3 is 10.2 Å². The Labute approximate surface area is 106 Å². The van der Waals surface area contributed by atoms with E-state index in [0.717, 1.165) is 13.1 Å². The molecule has 3 nitrogen and oxygen atoms in total. The summed E-state index contributed by atoms with van der Waals surface area (Å²) in [6, 6.07) is 0. The average Bonchev–Trinajstić information content (AvgIpc) is 2.21. The fourth-order valence-corrected chi connectivity index (χ4v) is 1.76. The first-order valence-electron chi connectivity index (χ1n) is 5.52. The van der Waals surface area contributed by atoms with Gasteiger partial charge in [0.25, 0.3) is 0 Å². The van der Waals surface area contributed by atoms with Gasteiger partial charge in [-0.2, -0.15) is 0 Å². The zero-order valence-electron chi connectivity index (χ0n) is 9.87. The van der Waals surface area contributed by atoms with E-state index >= 15 is 0 Å². The maximum Gasteiger partial charge on any atom is 0.0110 e. The highest BCUT2D eigenvalue weighted by Gasteiger charge is 2.09. The predicted molar refractivity (Wildman–Crippen MR) is 71.6 cm³/mol. The minimum absolute atomic E-state index is 0. The van der Waals surface area contributed by atoms with Crippen molar-refractivity contribution in [2.45, 2.75) is 13.8 Å². The van der Waals surface area contributed by atoms with Crippen molar-refractivity contribution < 1.29 is 0 Å². The molecule has 1 heterocycles. The van der Waals surface area contributed by atoms with Crippen molar-refractivity contribution in [2.75, 3.05) is 52.4 Å². The van der Waals surface area contributed by atoms with Crippen molar-refractivity contribution in [1.29, 1.82) is 0 Å². The molecule has 0 saturated carbocycles. The van der Waals surface area contributed by atoms with E-state index in [0.29, 0.717) is 0 Å². The molecule has 0 radical (unpaired) electrons. The maximum atomic E-state index is 3.38. The molecule has 0 atom stereocenters. The van der Waals surface area contributed by atoms with Gasteiger partial charge in [0, 0.05) is 39.3 Å². The van der Waals surface area contributed by atoms with E-state index in [2.05, 4.69) is 29.0 Å². The first-order chi connectivity index (χ1) is 6.36. The second-order valence-corrected chi connectivity index (χ2v) is 3.62. The van der Waals surface area contributed by atoms with E-state index in [1.165, 1.54) is 39.3 Å². The molecule has 1 fully saturated rings. The molecule has 0 amide bonds. The number of halogens is 2. The number of likely N-dealkylation sites (N-methyl/N-ethyl adjacent to an activating group) is 1. The molecule has 94 valence electrons. The third kappa shape index (κ3) is 7.36. The molecular weight excluding hydrogens is 233 g/mol. The molecule has 5 heteroatoms. The van der Waals surface area contributed by atoms with Crippen molar-refractivity contribution >= 4 is 24.8 Å². The predicted octanol–water partition coefficient (Wildman–Crippen LogP) is 1.08. The van der Waals surface area contributed by atoms with E-state index in [4.69, 9.17) is 0 Å². The molecule has 0 spiro atoms. The summed E-state index contributed by atoms with van der Waals surface area (Å²) >= 11 is 0. The van der Waals surface area contributed by atoms with Crippen LogP contribution < -0.4 is 5.32 Å². The summed E-state index contributed by atoms with van der Waals surface area (Å²) in [5, 5.41) is 3.38. The second kappa shape index (κ2) is 11.0. The van der Waals surface area contributed by atoms with Gasteiger partial charge in [-0.25, -0.2) is 0 Å².